The molecule has 0 radical (unpaired) electrons. The van der Waals surface area contributed by atoms with Gasteiger partial charge in [-0.25, -0.2) is 0 Å². The van der Waals surface area contributed by atoms with Gasteiger partial charge in [-0.3, -0.25) is 4.79 Å². The molecule has 12 heavy (non-hydrogen) atoms. The van der Waals surface area contributed by atoms with Crippen LogP contribution in [0.4, 0.5) is 0 Å². The number of carbonyl (C=O) groups is 1. The van der Waals surface area contributed by atoms with Gasteiger partial charge < -0.3 is 0 Å². The number of allylic oxidation sites excluding steroid dienone is 1. The number of rotatable bonds is 4. The van der Waals surface area contributed by atoms with E-state index in [0.717, 1.165) is 32.1 Å². The maximum Gasteiger partial charge on any atom is 0.142 e. The second-order valence-electron chi connectivity index (χ2n) is 3.74. The Bertz CT molecular complexity index is 183. The minimum Gasteiger partial charge on any atom is -0.299 e. The van der Waals surface area contributed by atoms with Crippen LogP contribution in [0, 0.1) is 5.41 Å². The van der Waals surface area contributed by atoms with E-state index in [1.54, 1.807) is 0 Å². The Hall–Kier alpha value is -0.590. The number of hydrogen-bond donors (Lipinski definition) is 0. The van der Waals surface area contributed by atoms with Gasteiger partial charge in [0.15, 0.2) is 0 Å². The van der Waals surface area contributed by atoms with Gasteiger partial charge in [0.2, 0.25) is 0 Å². The molecule has 0 aromatic carbocycles. The van der Waals surface area contributed by atoms with Gasteiger partial charge in [-0.2, -0.15) is 0 Å². The monoisotopic (exact) mass is 166 g/mol. The van der Waals surface area contributed by atoms with E-state index in [-0.39, 0.29) is 5.41 Å². The molecule has 0 spiro atoms. The summed E-state index contributed by atoms with van der Waals surface area (Å²) in [7, 11) is 0. The van der Waals surface area contributed by atoms with Gasteiger partial charge in [0.25, 0.3) is 0 Å². The molecule has 68 valence electrons. The highest BCUT2D eigenvalue weighted by Gasteiger charge is 2.37. The van der Waals surface area contributed by atoms with Crippen molar-refractivity contribution in [2.24, 2.45) is 5.41 Å². The Kier molecular flexibility index (Phi) is 3.07. The van der Waals surface area contributed by atoms with E-state index in [2.05, 4.69) is 13.5 Å². The molecule has 0 unspecified atom stereocenters. The molecule has 0 bridgehead atoms. The van der Waals surface area contributed by atoms with Crippen LogP contribution < -0.4 is 0 Å². The average Bonchev–Trinajstić information content (AvgIpc) is 2.45. The third-order valence-corrected chi connectivity index (χ3v) is 2.95. The molecule has 0 N–H and O–H groups in total. The lowest BCUT2D eigenvalue weighted by molar-refractivity contribution is -0.123. The number of unbranched alkanes of at least 4 members (excludes halogenated alkanes) is 1. The summed E-state index contributed by atoms with van der Waals surface area (Å²) < 4.78 is 0. The van der Waals surface area contributed by atoms with Gasteiger partial charge in [0.05, 0.1) is 0 Å². The van der Waals surface area contributed by atoms with E-state index in [1.165, 1.54) is 6.42 Å². The smallest absolute Gasteiger partial charge is 0.142 e. The van der Waals surface area contributed by atoms with Crippen LogP contribution in [0.1, 0.15) is 45.4 Å². The quantitative estimate of drug-likeness (QED) is 0.586. The first kappa shape index (κ1) is 9.50. The molecule has 0 aromatic heterocycles. The molecule has 1 saturated carbocycles. The highest BCUT2D eigenvalue weighted by molar-refractivity contribution is 5.88. The number of hydrogen-bond acceptors (Lipinski definition) is 1. The van der Waals surface area contributed by atoms with Crippen LogP contribution in [0.15, 0.2) is 12.7 Å². The summed E-state index contributed by atoms with van der Waals surface area (Å²) in [5.74, 6) is 0.422. The van der Waals surface area contributed by atoms with Crippen molar-refractivity contribution in [1.29, 1.82) is 0 Å². The zero-order valence-electron chi connectivity index (χ0n) is 7.94. The zero-order valence-corrected chi connectivity index (χ0v) is 7.94. The summed E-state index contributed by atoms with van der Waals surface area (Å²) in [6, 6.07) is 0. The Morgan fingerprint density at radius 2 is 2.42 bits per heavy atom. The third kappa shape index (κ3) is 1.60. The number of ketones is 1. The SMILES string of the molecule is C=C[C@]1(CCCC)CCCC1=O. The fraction of sp³-hybridized carbons (Fsp3) is 0.727. The van der Waals surface area contributed by atoms with Crippen LogP contribution in [-0.2, 0) is 4.79 Å². The first-order chi connectivity index (χ1) is 5.75. The molecule has 0 amide bonds. The van der Waals surface area contributed by atoms with Crippen molar-refractivity contribution in [2.45, 2.75) is 45.4 Å². The lowest BCUT2D eigenvalue weighted by Crippen LogP contribution is -2.22. The molecule has 1 heteroatoms. The summed E-state index contributed by atoms with van der Waals surface area (Å²) in [6.45, 7) is 5.96. The number of Topliss-reactive ketones (excluding diaryl/α,β-unsaturated/α-hetero) is 1. The highest BCUT2D eigenvalue weighted by atomic mass is 16.1. The van der Waals surface area contributed by atoms with E-state index >= 15 is 0 Å². The van der Waals surface area contributed by atoms with Crippen LogP contribution in [-0.4, -0.2) is 5.78 Å². The third-order valence-electron chi connectivity index (χ3n) is 2.95. The first-order valence-corrected chi connectivity index (χ1v) is 4.92. The molecular formula is C11H18O. The number of carbonyl (C=O) groups excluding carboxylic acids is 1. The van der Waals surface area contributed by atoms with Crippen LogP contribution >= 0.6 is 0 Å². The second kappa shape index (κ2) is 3.88. The molecule has 1 fully saturated rings. The molecule has 0 heterocycles. The Morgan fingerprint density at radius 1 is 1.67 bits per heavy atom. The minimum atomic E-state index is -0.129. The standard InChI is InChI=1S/C11H18O/c1-3-5-8-11(4-2)9-6-7-10(11)12/h4H,2-3,5-9H2,1H3/t11-/m0/s1. The predicted molar refractivity (Wildman–Crippen MR) is 51.0 cm³/mol. The molecular weight excluding hydrogens is 148 g/mol. The van der Waals surface area contributed by atoms with Gasteiger partial charge in [0.1, 0.15) is 5.78 Å². The van der Waals surface area contributed by atoms with Gasteiger partial charge in [-0.1, -0.05) is 25.8 Å². The second-order valence-corrected chi connectivity index (χ2v) is 3.74. The lowest BCUT2D eigenvalue weighted by Gasteiger charge is -2.22. The Labute approximate surface area is 74.9 Å². The molecule has 1 atom stereocenters. The summed E-state index contributed by atoms with van der Waals surface area (Å²) in [6.07, 6.45) is 8.10. The van der Waals surface area contributed by atoms with Crippen LogP contribution in [0.5, 0.6) is 0 Å². The summed E-state index contributed by atoms with van der Waals surface area (Å²) in [5, 5.41) is 0. The van der Waals surface area contributed by atoms with E-state index in [1.807, 2.05) is 6.08 Å². The summed E-state index contributed by atoms with van der Waals surface area (Å²) in [5.41, 5.74) is -0.129. The van der Waals surface area contributed by atoms with E-state index in [9.17, 15) is 4.79 Å². The van der Waals surface area contributed by atoms with E-state index in [0.29, 0.717) is 5.78 Å². The average molecular weight is 166 g/mol. The van der Waals surface area contributed by atoms with Crippen LogP contribution in [0.3, 0.4) is 0 Å². The molecule has 0 aliphatic heterocycles. The van der Waals surface area contributed by atoms with Crippen molar-refractivity contribution in [3.8, 4) is 0 Å². The topological polar surface area (TPSA) is 17.1 Å². The van der Waals surface area contributed by atoms with E-state index in [4.69, 9.17) is 0 Å². The summed E-state index contributed by atoms with van der Waals surface area (Å²) >= 11 is 0. The normalized spacial score (nSPS) is 29.2. The lowest BCUT2D eigenvalue weighted by atomic mass is 9.80. The molecule has 1 aliphatic rings. The first-order valence-electron chi connectivity index (χ1n) is 4.92. The molecule has 0 aromatic rings. The van der Waals surface area contributed by atoms with Crippen molar-refractivity contribution < 1.29 is 4.79 Å². The van der Waals surface area contributed by atoms with Crippen molar-refractivity contribution >= 4 is 5.78 Å². The maximum atomic E-state index is 11.6. The van der Waals surface area contributed by atoms with Gasteiger partial charge >= 0.3 is 0 Å². The van der Waals surface area contributed by atoms with Crippen molar-refractivity contribution in [3.05, 3.63) is 12.7 Å². The largest absolute Gasteiger partial charge is 0.299 e. The molecule has 1 rings (SSSR count). The minimum absolute atomic E-state index is 0.129. The predicted octanol–water partition coefficient (Wildman–Crippen LogP) is 3.10. The summed E-state index contributed by atoms with van der Waals surface area (Å²) in [4.78, 5) is 11.6. The zero-order chi connectivity index (χ0) is 9.03. The van der Waals surface area contributed by atoms with Gasteiger partial charge in [-0.15, -0.1) is 6.58 Å². The van der Waals surface area contributed by atoms with Crippen molar-refractivity contribution in [1.82, 2.24) is 0 Å². The fourth-order valence-corrected chi connectivity index (χ4v) is 2.03. The van der Waals surface area contributed by atoms with Gasteiger partial charge in [0, 0.05) is 11.8 Å². The van der Waals surface area contributed by atoms with Crippen LogP contribution in [0.25, 0.3) is 0 Å². The molecule has 1 aliphatic carbocycles. The Balaban J connectivity index is 2.61. The van der Waals surface area contributed by atoms with Gasteiger partial charge in [-0.05, 0) is 19.3 Å². The van der Waals surface area contributed by atoms with E-state index < -0.39 is 0 Å². The van der Waals surface area contributed by atoms with Crippen molar-refractivity contribution in [3.63, 3.8) is 0 Å². The molecule has 1 nitrogen and oxygen atoms in total. The highest BCUT2D eigenvalue weighted by Crippen LogP contribution is 2.40. The fourth-order valence-electron chi connectivity index (χ4n) is 2.03. The van der Waals surface area contributed by atoms with Crippen molar-refractivity contribution in [2.75, 3.05) is 0 Å². The molecule has 0 saturated heterocycles. The maximum absolute atomic E-state index is 11.6. The Morgan fingerprint density at radius 3 is 2.83 bits per heavy atom. The van der Waals surface area contributed by atoms with Crippen LogP contribution in [0.2, 0.25) is 0 Å².